The molecule has 135 valence electrons. The summed E-state index contributed by atoms with van der Waals surface area (Å²) in [5.41, 5.74) is 9.51. The van der Waals surface area contributed by atoms with Crippen molar-refractivity contribution in [3.63, 3.8) is 0 Å². The molecule has 0 saturated heterocycles. The Kier molecular flexibility index (Phi) is 4.48. The summed E-state index contributed by atoms with van der Waals surface area (Å²) in [6.45, 7) is 2.42. The molecule has 0 unspecified atom stereocenters. The fourth-order valence-electron chi connectivity index (χ4n) is 3.50. The van der Waals surface area contributed by atoms with E-state index in [1.807, 2.05) is 22.8 Å². The first kappa shape index (κ1) is 17.7. The van der Waals surface area contributed by atoms with Crippen LogP contribution in [0.1, 0.15) is 28.4 Å². The molecule has 0 spiro atoms. The summed E-state index contributed by atoms with van der Waals surface area (Å²) in [6.07, 6.45) is 0.864. The molecule has 0 saturated carbocycles. The second-order valence-corrected chi connectivity index (χ2v) is 7.42. The Morgan fingerprint density at radius 2 is 2.04 bits per heavy atom. The Bertz CT molecular complexity index is 1200. The number of nitrogens with two attached hydrogens (primary N) is 1. The maximum atomic E-state index is 14.5. The first-order valence-electron chi connectivity index (χ1n) is 8.69. The smallest absolute Gasteiger partial charge is 0.249 e. The highest BCUT2D eigenvalue weighted by Gasteiger charge is 2.17. The molecule has 0 bridgehead atoms. The molecule has 4 rings (SSSR count). The lowest BCUT2D eigenvalue weighted by Crippen LogP contribution is -2.11. The van der Waals surface area contributed by atoms with Gasteiger partial charge >= 0.3 is 0 Å². The number of benzene rings is 3. The number of hydrogen-bond acceptors (Lipinski definition) is 1. The number of aromatic nitrogens is 1. The summed E-state index contributed by atoms with van der Waals surface area (Å²) in [5.74, 6) is -0.761. The van der Waals surface area contributed by atoms with Gasteiger partial charge in [-0.15, -0.1) is 0 Å². The van der Waals surface area contributed by atoms with Crippen molar-refractivity contribution in [1.29, 1.82) is 0 Å². The number of fused-ring (bicyclic) bond motifs is 3. The Labute approximate surface area is 164 Å². The van der Waals surface area contributed by atoms with E-state index in [0.717, 1.165) is 33.8 Å². The molecular weight excluding hydrogens is 407 g/mol. The summed E-state index contributed by atoms with van der Waals surface area (Å²) in [6, 6.07) is 17.8. The topological polar surface area (TPSA) is 48.0 Å². The van der Waals surface area contributed by atoms with Crippen LogP contribution in [0.25, 0.3) is 21.8 Å². The van der Waals surface area contributed by atoms with Gasteiger partial charge in [-0.05, 0) is 48.4 Å². The molecule has 0 aliphatic heterocycles. The van der Waals surface area contributed by atoms with Crippen molar-refractivity contribution in [2.45, 2.75) is 19.9 Å². The fourth-order valence-corrected chi connectivity index (χ4v) is 3.83. The largest absolute Gasteiger partial charge is 0.366 e. The van der Waals surface area contributed by atoms with Crippen molar-refractivity contribution in [3.8, 4) is 0 Å². The van der Waals surface area contributed by atoms with E-state index in [1.165, 1.54) is 6.07 Å². The van der Waals surface area contributed by atoms with Crippen molar-refractivity contribution in [1.82, 2.24) is 4.57 Å². The highest BCUT2D eigenvalue weighted by molar-refractivity contribution is 9.10. The molecule has 4 aromatic rings. The Hall–Kier alpha value is -2.66. The molecule has 1 aromatic heterocycles. The lowest BCUT2D eigenvalue weighted by atomic mass is 10.0. The van der Waals surface area contributed by atoms with E-state index < -0.39 is 5.91 Å². The highest BCUT2D eigenvalue weighted by Crippen LogP contribution is 2.33. The average molecular weight is 424 g/mol. The van der Waals surface area contributed by atoms with Crippen molar-refractivity contribution in [2.24, 2.45) is 5.73 Å². The molecule has 27 heavy (non-hydrogen) atoms. The van der Waals surface area contributed by atoms with Crippen LogP contribution >= 0.6 is 15.9 Å². The van der Waals surface area contributed by atoms with Crippen LogP contribution in [-0.2, 0) is 13.0 Å². The average Bonchev–Trinajstić information content (AvgIpc) is 2.97. The lowest BCUT2D eigenvalue weighted by Gasteiger charge is -2.10. The minimum Gasteiger partial charge on any atom is -0.366 e. The van der Waals surface area contributed by atoms with E-state index in [0.29, 0.717) is 22.1 Å². The second kappa shape index (κ2) is 6.82. The van der Waals surface area contributed by atoms with Gasteiger partial charge in [0.25, 0.3) is 0 Å². The predicted octanol–water partition coefficient (Wildman–Crippen LogP) is 5.21. The maximum absolute atomic E-state index is 14.5. The summed E-state index contributed by atoms with van der Waals surface area (Å²) in [7, 11) is 0. The number of carbonyl (C=O) groups is 1. The van der Waals surface area contributed by atoms with E-state index in [2.05, 4.69) is 35.0 Å². The van der Waals surface area contributed by atoms with Gasteiger partial charge in [0, 0.05) is 26.4 Å². The number of amides is 1. The predicted molar refractivity (Wildman–Crippen MR) is 109 cm³/mol. The molecule has 1 amide bonds. The van der Waals surface area contributed by atoms with E-state index in [9.17, 15) is 9.18 Å². The van der Waals surface area contributed by atoms with Gasteiger partial charge in [0.15, 0.2) is 0 Å². The van der Waals surface area contributed by atoms with Gasteiger partial charge in [-0.25, -0.2) is 4.39 Å². The summed E-state index contributed by atoms with van der Waals surface area (Å²) < 4.78 is 17.2. The number of aryl methyl sites for hydroxylation is 1. The molecule has 1 heterocycles. The van der Waals surface area contributed by atoms with Crippen molar-refractivity contribution >= 4 is 43.6 Å². The summed E-state index contributed by atoms with van der Waals surface area (Å²) >= 11 is 3.29. The number of carbonyl (C=O) groups excluding carboxylic acids is 1. The zero-order chi connectivity index (χ0) is 19.1. The monoisotopic (exact) mass is 423 g/mol. The van der Waals surface area contributed by atoms with Crippen molar-refractivity contribution in [2.75, 3.05) is 0 Å². The zero-order valence-corrected chi connectivity index (χ0v) is 16.3. The van der Waals surface area contributed by atoms with Crippen LogP contribution in [0, 0.1) is 11.9 Å². The molecule has 1 radical (unpaired) electrons. The van der Waals surface area contributed by atoms with Gasteiger partial charge in [-0.3, -0.25) is 4.79 Å². The Morgan fingerprint density at radius 1 is 1.22 bits per heavy atom. The van der Waals surface area contributed by atoms with Gasteiger partial charge in [0.05, 0.1) is 17.6 Å². The first-order valence-corrected chi connectivity index (χ1v) is 9.48. The third kappa shape index (κ3) is 3.02. The molecule has 3 aromatic carbocycles. The third-order valence-electron chi connectivity index (χ3n) is 4.87. The third-order valence-corrected chi connectivity index (χ3v) is 5.36. The lowest BCUT2D eigenvalue weighted by molar-refractivity contribution is 0.100. The number of halogens is 2. The Morgan fingerprint density at radius 3 is 2.74 bits per heavy atom. The van der Waals surface area contributed by atoms with E-state index >= 15 is 0 Å². The molecule has 5 heteroatoms. The van der Waals surface area contributed by atoms with Crippen LogP contribution in [0.4, 0.5) is 4.39 Å². The van der Waals surface area contributed by atoms with E-state index in [1.54, 1.807) is 18.2 Å². The molecule has 3 nitrogen and oxygen atoms in total. The quantitative estimate of drug-likeness (QED) is 0.481. The van der Waals surface area contributed by atoms with Crippen molar-refractivity contribution < 1.29 is 9.18 Å². The fraction of sp³-hybridized carbons (Fsp3) is 0.136. The number of rotatable bonds is 4. The van der Waals surface area contributed by atoms with E-state index in [4.69, 9.17) is 5.73 Å². The minimum atomic E-state index is -0.484. The minimum absolute atomic E-state index is 0.277. The van der Waals surface area contributed by atoms with Crippen LogP contribution < -0.4 is 5.73 Å². The van der Waals surface area contributed by atoms with Crippen LogP contribution in [0.15, 0.2) is 53.0 Å². The molecule has 0 fully saturated rings. The van der Waals surface area contributed by atoms with Gasteiger partial charge in [-0.1, -0.05) is 41.1 Å². The number of primary amides is 1. The number of hydrogen-bond donors (Lipinski definition) is 1. The zero-order valence-electron chi connectivity index (χ0n) is 14.7. The number of nitrogens with zero attached hydrogens (tertiary/aromatic N) is 1. The molecule has 0 aliphatic carbocycles. The van der Waals surface area contributed by atoms with Crippen LogP contribution in [0.5, 0.6) is 0 Å². The molecule has 2 N–H and O–H groups in total. The van der Waals surface area contributed by atoms with Gasteiger partial charge in [-0.2, -0.15) is 0 Å². The van der Waals surface area contributed by atoms with Gasteiger partial charge in [0.1, 0.15) is 5.82 Å². The van der Waals surface area contributed by atoms with Crippen LogP contribution in [-0.4, -0.2) is 10.5 Å². The SMILES string of the molecule is CCc1c[c]c2c3c(C(N)=O)cccc3n(Cc3ccc(Br)cc3F)c2c1. The van der Waals surface area contributed by atoms with E-state index in [-0.39, 0.29) is 5.82 Å². The maximum Gasteiger partial charge on any atom is 0.249 e. The second-order valence-electron chi connectivity index (χ2n) is 6.51. The van der Waals surface area contributed by atoms with Gasteiger partial charge < -0.3 is 10.3 Å². The van der Waals surface area contributed by atoms with Crippen LogP contribution in [0.2, 0.25) is 0 Å². The summed E-state index contributed by atoms with van der Waals surface area (Å²) in [4.78, 5) is 12.0. The highest BCUT2D eigenvalue weighted by atomic mass is 79.9. The molecule has 0 aliphatic rings. The Balaban J connectivity index is 2.04. The molecular formula is C22H17BrFN2O. The summed E-state index contributed by atoms with van der Waals surface area (Å²) in [5, 5.41) is 1.59. The van der Waals surface area contributed by atoms with Gasteiger partial charge in [0.2, 0.25) is 5.91 Å². The molecule has 0 atom stereocenters. The normalized spacial score (nSPS) is 11.4. The van der Waals surface area contributed by atoms with Crippen molar-refractivity contribution in [3.05, 3.63) is 81.6 Å². The first-order chi connectivity index (χ1) is 13.0. The standard InChI is InChI=1S/C22H17BrFN2O/c1-2-13-6-9-16-20(10-13)26(12-14-7-8-15(23)11-18(14)24)19-5-3-4-17(21(16)19)22(25)27/h3-8,10-11H,2,12H2,1H3,(H2,25,27). The van der Waals surface area contributed by atoms with Crippen LogP contribution in [0.3, 0.4) is 0 Å².